The number of aliphatic hydroxyl groups excluding tert-OH is 1. The molecule has 2 aromatic rings. The van der Waals surface area contributed by atoms with Gasteiger partial charge in [0.2, 0.25) is 0 Å². The van der Waals surface area contributed by atoms with Crippen molar-refractivity contribution in [2.75, 3.05) is 6.61 Å². The Morgan fingerprint density at radius 1 is 1.25 bits per heavy atom. The molecule has 1 aromatic carbocycles. The van der Waals surface area contributed by atoms with E-state index in [9.17, 15) is 14.7 Å². The molecule has 1 aromatic heterocycles. The van der Waals surface area contributed by atoms with E-state index < -0.39 is 5.97 Å². The number of aliphatic imine (C=N–C) groups is 1. The van der Waals surface area contributed by atoms with Gasteiger partial charge in [-0.1, -0.05) is 38.1 Å². The largest absolute Gasteiger partial charge is 0.506 e. The molecule has 5 nitrogen and oxygen atoms in total. The van der Waals surface area contributed by atoms with Crippen molar-refractivity contribution in [1.29, 1.82) is 0 Å². The number of carbonyl (C=O) groups excluding carboxylic acids is 2. The van der Waals surface area contributed by atoms with Crippen LogP contribution in [0.2, 0.25) is 0 Å². The van der Waals surface area contributed by atoms with Crippen LogP contribution in [-0.2, 0) is 11.2 Å². The maximum absolute atomic E-state index is 12.7. The Kier molecular flexibility index (Phi) is 5.79. The van der Waals surface area contributed by atoms with Crippen molar-refractivity contribution in [3.05, 3.63) is 57.5 Å². The lowest BCUT2D eigenvalue weighted by Crippen LogP contribution is -2.09. The Morgan fingerprint density at radius 3 is 2.54 bits per heavy atom. The highest BCUT2D eigenvalue weighted by Crippen LogP contribution is 2.36. The molecule has 0 saturated heterocycles. The number of hydrogen-bond donors (Lipinski definition) is 1. The van der Waals surface area contributed by atoms with Crippen LogP contribution >= 0.6 is 11.3 Å². The first-order chi connectivity index (χ1) is 13.3. The molecular formula is C22H23NO4S. The van der Waals surface area contributed by atoms with Gasteiger partial charge in [0.15, 0.2) is 5.78 Å². The van der Waals surface area contributed by atoms with Crippen LogP contribution < -0.4 is 0 Å². The monoisotopic (exact) mass is 397 g/mol. The second-order valence-electron chi connectivity index (χ2n) is 7.06. The number of esters is 1. The van der Waals surface area contributed by atoms with Crippen molar-refractivity contribution < 1.29 is 19.4 Å². The molecular weight excluding hydrogens is 374 g/mol. The number of fused-ring (bicyclic) bond motifs is 1. The van der Waals surface area contributed by atoms with E-state index in [0.717, 1.165) is 12.0 Å². The number of allylic oxidation sites excluding steroid dienone is 1. The van der Waals surface area contributed by atoms with E-state index >= 15 is 0 Å². The first kappa shape index (κ1) is 20.0. The van der Waals surface area contributed by atoms with Gasteiger partial charge in [-0.3, -0.25) is 4.79 Å². The number of benzene rings is 1. The van der Waals surface area contributed by atoms with Crippen molar-refractivity contribution in [2.24, 2.45) is 10.9 Å². The summed E-state index contributed by atoms with van der Waals surface area (Å²) in [6.45, 7) is 7.87. The molecule has 0 amide bonds. The second kappa shape index (κ2) is 8.10. The van der Waals surface area contributed by atoms with E-state index in [1.807, 2.05) is 5.38 Å². The fourth-order valence-corrected chi connectivity index (χ4v) is 4.27. The Balaban J connectivity index is 2.04. The fourth-order valence-electron chi connectivity index (χ4n) is 3.28. The second-order valence-corrected chi connectivity index (χ2v) is 7.91. The van der Waals surface area contributed by atoms with E-state index in [1.165, 1.54) is 11.3 Å². The predicted molar refractivity (Wildman–Crippen MR) is 112 cm³/mol. The lowest BCUT2D eigenvalue weighted by atomic mass is 10.0. The van der Waals surface area contributed by atoms with E-state index in [4.69, 9.17) is 4.74 Å². The Labute approximate surface area is 168 Å². The SMILES string of the molecule is CCOC(=O)c1c(CC(C)C)csc1/N=C(/C)C1=C(O)c2ccccc2C1=O. The predicted octanol–water partition coefficient (Wildman–Crippen LogP) is 5.38. The zero-order valence-corrected chi connectivity index (χ0v) is 17.2. The third-order valence-electron chi connectivity index (χ3n) is 4.48. The number of ketones is 1. The molecule has 1 aliphatic carbocycles. The maximum atomic E-state index is 12.7. The van der Waals surface area contributed by atoms with Gasteiger partial charge in [0, 0.05) is 11.1 Å². The number of rotatable bonds is 6. The molecule has 0 fully saturated rings. The van der Waals surface area contributed by atoms with Crippen LogP contribution in [0.15, 0.2) is 40.2 Å². The zero-order chi connectivity index (χ0) is 20.4. The third kappa shape index (κ3) is 3.64. The van der Waals surface area contributed by atoms with Crippen LogP contribution in [0.5, 0.6) is 0 Å². The molecule has 0 spiro atoms. The molecule has 0 radical (unpaired) electrons. The molecule has 28 heavy (non-hydrogen) atoms. The number of thiophene rings is 1. The van der Waals surface area contributed by atoms with Gasteiger partial charge in [0.05, 0.1) is 23.5 Å². The van der Waals surface area contributed by atoms with E-state index in [2.05, 4.69) is 18.8 Å². The van der Waals surface area contributed by atoms with Gasteiger partial charge in [-0.15, -0.1) is 11.3 Å². The minimum Gasteiger partial charge on any atom is -0.506 e. The molecule has 146 valence electrons. The van der Waals surface area contributed by atoms with Gasteiger partial charge in [-0.05, 0) is 37.1 Å². The van der Waals surface area contributed by atoms with Crippen LogP contribution in [0, 0.1) is 5.92 Å². The van der Waals surface area contributed by atoms with Crippen molar-refractivity contribution >= 4 is 39.6 Å². The van der Waals surface area contributed by atoms with Gasteiger partial charge in [-0.25, -0.2) is 9.79 Å². The van der Waals surface area contributed by atoms with Crippen molar-refractivity contribution in [2.45, 2.75) is 34.1 Å². The minimum absolute atomic E-state index is 0.0708. The average Bonchev–Trinajstić information content (AvgIpc) is 3.14. The summed E-state index contributed by atoms with van der Waals surface area (Å²) < 4.78 is 5.22. The molecule has 1 aliphatic rings. The summed E-state index contributed by atoms with van der Waals surface area (Å²) >= 11 is 1.34. The molecule has 0 bridgehead atoms. The van der Waals surface area contributed by atoms with E-state index in [1.54, 1.807) is 38.1 Å². The molecule has 0 unspecified atom stereocenters. The normalized spacial score (nSPS) is 14.0. The molecule has 0 aliphatic heterocycles. The fraction of sp³-hybridized carbons (Fsp3) is 0.318. The standard InChI is InChI=1S/C22H23NO4S/c1-5-27-22(26)18-14(10-12(2)3)11-28-21(18)23-13(4)17-19(24)15-8-6-7-9-16(15)20(17)25/h6-9,11-12,24H,5,10H2,1-4H3/b23-13-. The smallest absolute Gasteiger partial charge is 0.341 e. The number of Topliss-reactive ketones (excluding diaryl/α,β-unsaturated/α-hetero) is 1. The average molecular weight is 397 g/mol. The molecule has 1 N–H and O–H groups in total. The zero-order valence-electron chi connectivity index (χ0n) is 16.4. The Hall–Kier alpha value is -2.73. The molecule has 3 rings (SSSR count). The molecule has 6 heteroatoms. The topological polar surface area (TPSA) is 76.0 Å². The Bertz CT molecular complexity index is 998. The van der Waals surface area contributed by atoms with Crippen molar-refractivity contribution in [1.82, 2.24) is 0 Å². The summed E-state index contributed by atoms with van der Waals surface area (Å²) in [7, 11) is 0. The summed E-state index contributed by atoms with van der Waals surface area (Å²) in [5, 5.41) is 12.9. The summed E-state index contributed by atoms with van der Waals surface area (Å²) in [4.78, 5) is 29.8. The highest BCUT2D eigenvalue weighted by molar-refractivity contribution is 7.14. The molecule has 0 atom stereocenters. The van der Waals surface area contributed by atoms with Gasteiger partial charge < -0.3 is 9.84 Å². The van der Waals surface area contributed by atoms with Crippen molar-refractivity contribution in [3.63, 3.8) is 0 Å². The first-order valence-corrected chi connectivity index (χ1v) is 10.1. The van der Waals surface area contributed by atoms with Crippen LogP contribution in [-0.4, -0.2) is 29.2 Å². The van der Waals surface area contributed by atoms with E-state index in [-0.39, 0.29) is 23.7 Å². The number of carbonyl (C=O) groups is 2. The first-order valence-electron chi connectivity index (χ1n) is 9.25. The quantitative estimate of drug-likeness (QED) is 0.524. The van der Waals surface area contributed by atoms with Crippen LogP contribution in [0.25, 0.3) is 5.76 Å². The van der Waals surface area contributed by atoms with Crippen LogP contribution in [0.1, 0.15) is 59.5 Å². The maximum Gasteiger partial charge on any atom is 0.341 e. The number of aliphatic hydroxyl groups is 1. The highest BCUT2D eigenvalue weighted by atomic mass is 32.1. The van der Waals surface area contributed by atoms with Crippen LogP contribution in [0.4, 0.5) is 5.00 Å². The number of nitrogens with zero attached hydrogens (tertiary/aromatic N) is 1. The summed E-state index contributed by atoms with van der Waals surface area (Å²) in [5.74, 6) is -0.368. The lowest BCUT2D eigenvalue weighted by Gasteiger charge is -2.08. The van der Waals surface area contributed by atoms with Gasteiger partial charge in [0.1, 0.15) is 10.8 Å². The van der Waals surface area contributed by atoms with Gasteiger partial charge in [-0.2, -0.15) is 0 Å². The summed E-state index contributed by atoms with van der Waals surface area (Å²) in [5.41, 5.74) is 2.86. The summed E-state index contributed by atoms with van der Waals surface area (Å²) in [6.07, 6.45) is 0.734. The Morgan fingerprint density at radius 2 is 1.93 bits per heavy atom. The minimum atomic E-state index is -0.412. The van der Waals surface area contributed by atoms with E-state index in [0.29, 0.717) is 33.3 Å². The van der Waals surface area contributed by atoms with Crippen molar-refractivity contribution in [3.8, 4) is 0 Å². The van der Waals surface area contributed by atoms with Crippen LogP contribution in [0.3, 0.4) is 0 Å². The lowest BCUT2D eigenvalue weighted by molar-refractivity contribution is 0.0526. The summed E-state index contributed by atoms with van der Waals surface area (Å²) in [6, 6.07) is 6.92. The molecule has 1 heterocycles. The molecule has 0 saturated carbocycles. The highest BCUT2D eigenvalue weighted by Gasteiger charge is 2.31. The number of hydrogen-bond acceptors (Lipinski definition) is 6. The number of ether oxygens (including phenoxy) is 1. The third-order valence-corrected chi connectivity index (χ3v) is 5.40. The van der Waals surface area contributed by atoms with Gasteiger partial charge >= 0.3 is 5.97 Å². The van der Waals surface area contributed by atoms with Gasteiger partial charge in [0.25, 0.3) is 0 Å².